The Kier molecular flexibility index (Phi) is 4.18. The third kappa shape index (κ3) is 3.32. The molecule has 0 saturated carbocycles. The number of rotatable bonds is 3. The van der Waals surface area contributed by atoms with Crippen LogP contribution in [0.15, 0.2) is 44.1 Å². The summed E-state index contributed by atoms with van der Waals surface area (Å²) in [6.07, 6.45) is 0. The Morgan fingerprint density at radius 3 is 2.48 bits per heavy atom. The quantitative estimate of drug-likeness (QED) is 0.717. The Balaban J connectivity index is 2.04. The van der Waals surface area contributed by atoms with E-state index in [9.17, 15) is 9.59 Å². The van der Waals surface area contributed by atoms with E-state index in [-0.39, 0.29) is 17.2 Å². The van der Waals surface area contributed by atoms with E-state index in [1.54, 1.807) is 13.8 Å². The second-order valence-electron chi connectivity index (χ2n) is 5.93. The van der Waals surface area contributed by atoms with Crippen LogP contribution in [0.1, 0.15) is 22.5 Å². The van der Waals surface area contributed by atoms with Crippen molar-refractivity contribution in [3.63, 3.8) is 0 Å². The Bertz CT molecular complexity index is 1090. The molecule has 128 valence electrons. The zero-order chi connectivity index (χ0) is 18.1. The van der Waals surface area contributed by atoms with Gasteiger partial charge in [-0.25, -0.2) is 4.98 Å². The highest BCUT2D eigenvalue weighted by Crippen LogP contribution is 2.22. The molecule has 0 atom stereocenters. The molecule has 25 heavy (non-hydrogen) atoms. The van der Waals surface area contributed by atoms with Crippen molar-refractivity contribution in [1.29, 1.82) is 0 Å². The van der Waals surface area contributed by atoms with Gasteiger partial charge in [0.25, 0.3) is 5.56 Å². The van der Waals surface area contributed by atoms with Gasteiger partial charge >= 0.3 is 5.56 Å². The fraction of sp³-hybridized carbons (Fsp3) is 0.235. The molecule has 0 aliphatic carbocycles. The van der Waals surface area contributed by atoms with Crippen LogP contribution >= 0.6 is 0 Å². The monoisotopic (exact) mass is 338 g/mol. The van der Waals surface area contributed by atoms with Crippen LogP contribution in [-0.2, 0) is 0 Å². The molecule has 0 aliphatic heterocycles. The van der Waals surface area contributed by atoms with Crippen molar-refractivity contribution in [1.82, 2.24) is 19.7 Å². The number of aryl methyl sites for hydroxylation is 4. The molecule has 1 aromatic carbocycles. The Morgan fingerprint density at radius 1 is 1.04 bits per heavy atom. The highest BCUT2D eigenvalue weighted by Gasteiger charge is 2.14. The lowest BCUT2D eigenvalue weighted by atomic mass is 10.1. The molecule has 0 radical (unpaired) electrons. The van der Waals surface area contributed by atoms with E-state index >= 15 is 0 Å². The molecule has 3 rings (SSSR count). The predicted octanol–water partition coefficient (Wildman–Crippen LogP) is 2.90. The van der Waals surface area contributed by atoms with Gasteiger partial charge in [0.1, 0.15) is 0 Å². The fourth-order valence-electron chi connectivity index (χ4n) is 2.50. The summed E-state index contributed by atoms with van der Waals surface area (Å²) in [7, 11) is 0. The number of benzene rings is 1. The maximum atomic E-state index is 12.6. The zero-order valence-electron chi connectivity index (χ0n) is 14.4. The van der Waals surface area contributed by atoms with E-state index < -0.39 is 5.56 Å². The number of azo groups is 1. The Hall–Kier alpha value is -3.29. The van der Waals surface area contributed by atoms with Gasteiger partial charge in [-0.2, -0.15) is 9.80 Å². The minimum Gasteiger partial charge on any atom is -0.291 e. The van der Waals surface area contributed by atoms with Crippen molar-refractivity contribution < 1.29 is 0 Å². The number of hydrogen-bond acceptors (Lipinski definition) is 5. The molecule has 0 bridgehead atoms. The zero-order valence-corrected chi connectivity index (χ0v) is 14.4. The summed E-state index contributed by atoms with van der Waals surface area (Å²) in [5, 5.41) is 11.1. The van der Waals surface area contributed by atoms with Crippen LogP contribution in [0, 0.1) is 27.7 Å². The van der Waals surface area contributed by atoms with Gasteiger partial charge in [0.05, 0.1) is 11.4 Å². The lowest BCUT2D eigenvalue weighted by Crippen LogP contribution is -2.21. The van der Waals surface area contributed by atoms with Gasteiger partial charge in [-0.05, 0) is 39.3 Å². The van der Waals surface area contributed by atoms with E-state index in [2.05, 4.69) is 25.3 Å². The summed E-state index contributed by atoms with van der Waals surface area (Å²) in [5.74, 6) is 0.117. The third-order valence-corrected chi connectivity index (χ3v) is 3.72. The van der Waals surface area contributed by atoms with Gasteiger partial charge in [-0.15, -0.1) is 5.11 Å². The highest BCUT2D eigenvalue weighted by atomic mass is 16.1. The molecular weight excluding hydrogens is 320 g/mol. The van der Waals surface area contributed by atoms with Gasteiger partial charge in [0, 0.05) is 11.8 Å². The van der Waals surface area contributed by atoms with Crippen molar-refractivity contribution >= 4 is 11.4 Å². The molecule has 2 aromatic heterocycles. The summed E-state index contributed by atoms with van der Waals surface area (Å²) in [6.45, 7) is 7.33. The van der Waals surface area contributed by atoms with Crippen LogP contribution in [0.2, 0.25) is 0 Å². The average Bonchev–Trinajstić information content (AvgIpc) is 2.80. The molecule has 0 saturated heterocycles. The lowest BCUT2D eigenvalue weighted by Gasteiger charge is -2.00. The van der Waals surface area contributed by atoms with Gasteiger partial charge in [-0.3, -0.25) is 19.7 Å². The number of H-pyrrole nitrogens is 2. The third-order valence-electron chi connectivity index (χ3n) is 3.72. The maximum absolute atomic E-state index is 12.6. The first-order valence-electron chi connectivity index (χ1n) is 7.74. The van der Waals surface area contributed by atoms with E-state index in [1.807, 2.05) is 32.0 Å². The van der Waals surface area contributed by atoms with Gasteiger partial charge < -0.3 is 0 Å². The summed E-state index contributed by atoms with van der Waals surface area (Å²) >= 11 is 0. The van der Waals surface area contributed by atoms with E-state index in [4.69, 9.17) is 0 Å². The van der Waals surface area contributed by atoms with Crippen LogP contribution in [0.3, 0.4) is 0 Å². The largest absolute Gasteiger partial charge is 0.301 e. The summed E-state index contributed by atoms with van der Waals surface area (Å²) in [6, 6.07) is 7.14. The van der Waals surface area contributed by atoms with E-state index in [0.717, 1.165) is 15.8 Å². The minimum absolute atomic E-state index is 0.117. The Labute approximate surface area is 143 Å². The fourth-order valence-corrected chi connectivity index (χ4v) is 2.50. The molecule has 3 aromatic rings. The number of nitrogens with zero attached hydrogens (tertiary/aromatic N) is 4. The maximum Gasteiger partial charge on any atom is 0.301 e. The molecule has 0 spiro atoms. The summed E-state index contributed by atoms with van der Waals surface area (Å²) in [5.41, 5.74) is 3.25. The lowest BCUT2D eigenvalue weighted by molar-refractivity contribution is 0.763. The molecule has 8 nitrogen and oxygen atoms in total. The smallest absolute Gasteiger partial charge is 0.291 e. The van der Waals surface area contributed by atoms with Crippen LogP contribution in [-0.4, -0.2) is 19.7 Å². The number of hydrogen-bond donors (Lipinski definition) is 2. The average molecular weight is 338 g/mol. The van der Waals surface area contributed by atoms with Crippen LogP contribution in [0.4, 0.5) is 11.4 Å². The second kappa shape index (κ2) is 6.31. The van der Waals surface area contributed by atoms with Crippen LogP contribution in [0.25, 0.3) is 5.95 Å². The second-order valence-corrected chi connectivity index (χ2v) is 5.93. The molecule has 0 unspecified atom stereocenters. The standard InChI is InChI=1S/C17H18N6O2/c1-9-5-6-13(10(2)7-9)20-21-15-12(4)22-23(16(15)25)17-18-11(3)8-14(24)19-17/h5-8,22H,1-4H3,(H,18,19,24). The first-order valence-corrected chi connectivity index (χ1v) is 7.74. The number of aromatic nitrogens is 4. The molecule has 2 heterocycles. The SMILES string of the molecule is Cc1ccc(N=Nc2c(C)[nH]n(-c3nc(C)cc(=O)[nH]3)c2=O)c(C)c1. The Morgan fingerprint density at radius 2 is 1.80 bits per heavy atom. The van der Waals surface area contributed by atoms with E-state index in [0.29, 0.717) is 17.1 Å². The van der Waals surface area contributed by atoms with Crippen molar-refractivity contribution in [3.05, 3.63) is 67.5 Å². The first kappa shape index (κ1) is 16.6. The van der Waals surface area contributed by atoms with Crippen molar-refractivity contribution in [2.24, 2.45) is 10.2 Å². The number of nitrogens with one attached hydrogen (secondary N) is 2. The first-order chi connectivity index (χ1) is 11.8. The highest BCUT2D eigenvalue weighted by molar-refractivity contribution is 5.48. The van der Waals surface area contributed by atoms with Gasteiger partial charge in [0.15, 0.2) is 5.69 Å². The van der Waals surface area contributed by atoms with Crippen molar-refractivity contribution in [3.8, 4) is 5.95 Å². The molecular formula is C17H18N6O2. The molecule has 8 heteroatoms. The molecule has 0 aliphatic rings. The van der Waals surface area contributed by atoms with Crippen molar-refractivity contribution in [2.45, 2.75) is 27.7 Å². The summed E-state index contributed by atoms with van der Waals surface area (Å²) in [4.78, 5) is 30.9. The molecule has 0 amide bonds. The van der Waals surface area contributed by atoms with E-state index in [1.165, 1.54) is 6.07 Å². The minimum atomic E-state index is -0.431. The van der Waals surface area contributed by atoms with Gasteiger partial charge in [0.2, 0.25) is 5.95 Å². The van der Waals surface area contributed by atoms with Gasteiger partial charge in [-0.1, -0.05) is 17.7 Å². The normalized spacial score (nSPS) is 11.4. The molecule has 2 N–H and O–H groups in total. The van der Waals surface area contributed by atoms with Crippen LogP contribution in [0.5, 0.6) is 0 Å². The topological polar surface area (TPSA) is 108 Å². The van der Waals surface area contributed by atoms with Crippen molar-refractivity contribution in [2.75, 3.05) is 0 Å². The summed E-state index contributed by atoms with van der Waals surface area (Å²) < 4.78 is 1.15. The van der Waals surface area contributed by atoms with Crippen LogP contribution < -0.4 is 11.1 Å². The molecule has 0 fully saturated rings. The number of aromatic amines is 2. The predicted molar refractivity (Wildman–Crippen MR) is 94.4 cm³/mol.